The third kappa shape index (κ3) is 3.30. The van der Waals surface area contributed by atoms with Crippen LogP contribution in [0.4, 0.5) is 8.78 Å². The maximum atomic E-state index is 13.9. The summed E-state index contributed by atoms with van der Waals surface area (Å²) in [6.45, 7) is 1.04. The van der Waals surface area contributed by atoms with Gasteiger partial charge in [-0.3, -0.25) is 0 Å². The van der Waals surface area contributed by atoms with Gasteiger partial charge in [-0.1, -0.05) is 0 Å². The van der Waals surface area contributed by atoms with Crippen LogP contribution in [0.2, 0.25) is 0 Å². The number of hydrogen-bond donors (Lipinski definition) is 3. The minimum atomic E-state index is -4.20. The van der Waals surface area contributed by atoms with Gasteiger partial charge in [-0.25, -0.2) is 9.59 Å². The molecule has 1 aromatic carbocycles. The van der Waals surface area contributed by atoms with E-state index in [2.05, 4.69) is 20.7 Å². The van der Waals surface area contributed by atoms with Gasteiger partial charge in [0.2, 0.25) is 0 Å². The Morgan fingerprint density at radius 2 is 2.05 bits per heavy atom. The molecule has 0 saturated heterocycles. The highest BCUT2D eigenvalue weighted by Gasteiger charge is 2.50. The molecule has 0 aromatic heterocycles. The van der Waals surface area contributed by atoms with Crippen molar-refractivity contribution in [2.75, 3.05) is 6.61 Å². The fourth-order valence-corrected chi connectivity index (χ4v) is 1.96. The second-order valence-corrected chi connectivity index (χ2v) is 4.84. The minimum Gasteiger partial charge on any atom is -0.506 e. The van der Waals surface area contributed by atoms with Crippen molar-refractivity contribution in [3.63, 3.8) is 0 Å². The van der Waals surface area contributed by atoms with E-state index in [9.17, 15) is 23.5 Å². The number of alkyl halides is 2. The third-order valence-electron chi connectivity index (χ3n) is 2.65. The number of hydrogen-bond acceptors (Lipinski definition) is 5. The van der Waals surface area contributed by atoms with Crippen LogP contribution in [0.5, 0.6) is 5.75 Å². The average Bonchev–Trinajstić information content (AvgIpc) is 2.40. The van der Waals surface area contributed by atoms with E-state index in [1.807, 2.05) is 0 Å². The molecule has 0 amide bonds. The highest BCUT2D eigenvalue weighted by molar-refractivity contribution is 9.10. The number of carboxylic acids is 1. The normalized spacial score (nSPS) is 12.8. The molecule has 0 aliphatic carbocycles. The molecule has 116 valence electrons. The molecule has 0 bridgehead atoms. The molecule has 21 heavy (non-hydrogen) atoms. The van der Waals surface area contributed by atoms with E-state index in [1.54, 1.807) is 0 Å². The number of rotatable bonds is 5. The van der Waals surface area contributed by atoms with Crippen molar-refractivity contribution in [1.29, 1.82) is 0 Å². The molecule has 0 aliphatic rings. The first-order valence-corrected chi connectivity index (χ1v) is 6.49. The van der Waals surface area contributed by atoms with Gasteiger partial charge < -0.3 is 20.7 Å². The first-order chi connectivity index (χ1) is 9.64. The van der Waals surface area contributed by atoms with Crippen LogP contribution in [-0.2, 0) is 9.53 Å². The van der Waals surface area contributed by atoms with Gasteiger partial charge in [0.05, 0.1) is 16.6 Å². The summed E-state index contributed by atoms with van der Waals surface area (Å²) in [5.41, 5.74) is 3.93. The molecule has 4 N–H and O–H groups in total. The highest BCUT2D eigenvalue weighted by Crippen LogP contribution is 2.40. The molecular weight excluding hydrogens is 356 g/mol. The molecular formula is C12H12BrF2NO5. The first kappa shape index (κ1) is 17.3. The van der Waals surface area contributed by atoms with E-state index in [1.165, 1.54) is 6.92 Å². The number of aromatic hydroxyl groups is 1. The summed E-state index contributed by atoms with van der Waals surface area (Å²) >= 11 is 2.87. The lowest BCUT2D eigenvalue weighted by atomic mass is 9.95. The van der Waals surface area contributed by atoms with E-state index in [4.69, 9.17) is 10.8 Å². The summed E-state index contributed by atoms with van der Waals surface area (Å²) in [6.07, 6.45) is 0. The number of halogens is 3. The Bertz CT molecular complexity index is 579. The second kappa shape index (κ2) is 6.35. The number of esters is 1. The van der Waals surface area contributed by atoms with Crippen molar-refractivity contribution < 1.29 is 33.3 Å². The number of carbonyl (C=O) groups is 2. The smallest absolute Gasteiger partial charge is 0.379 e. The van der Waals surface area contributed by atoms with Gasteiger partial charge >= 0.3 is 17.9 Å². The molecule has 1 atom stereocenters. The SMILES string of the molecule is CCOC(=O)C(F)(F)[C@@H](N)c1c(C(=O)O)ccc(Br)c1O. The molecule has 1 rings (SSSR count). The number of phenolic OH excluding ortho intramolecular Hbond substituents is 1. The maximum absolute atomic E-state index is 13.9. The van der Waals surface area contributed by atoms with Crippen LogP contribution in [0.25, 0.3) is 0 Å². The molecule has 0 aliphatic heterocycles. The molecule has 9 heteroatoms. The molecule has 0 saturated carbocycles. The fraction of sp³-hybridized carbons (Fsp3) is 0.333. The molecule has 1 aromatic rings. The topological polar surface area (TPSA) is 110 Å². The predicted octanol–water partition coefficient (Wildman–Crippen LogP) is 2.05. The van der Waals surface area contributed by atoms with Crippen molar-refractivity contribution >= 4 is 27.9 Å². The Morgan fingerprint density at radius 1 is 1.48 bits per heavy atom. The Kier molecular flexibility index (Phi) is 5.24. The molecule has 0 fully saturated rings. The van der Waals surface area contributed by atoms with Crippen LogP contribution in [0.1, 0.15) is 28.9 Å². The van der Waals surface area contributed by atoms with Gasteiger partial charge in [0.1, 0.15) is 11.8 Å². The Balaban J connectivity index is 3.41. The number of nitrogens with two attached hydrogens (primary N) is 1. The second-order valence-electron chi connectivity index (χ2n) is 3.98. The van der Waals surface area contributed by atoms with Gasteiger partial charge in [-0.2, -0.15) is 8.78 Å². The highest BCUT2D eigenvalue weighted by atomic mass is 79.9. The van der Waals surface area contributed by atoms with E-state index in [0.717, 1.165) is 12.1 Å². The zero-order valence-corrected chi connectivity index (χ0v) is 12.4. The van der Waals surface area contributed by atoms with Crippen LogP contribution in [-0.4, -0.2) is 34.7 Å². The number of benzene rings is 1. The summed E-state index contributed by atoms with van der Waals surface area (Å²) in [5, 5.41) is 18.8. The molecule has 0 radical (unpaired) electrons. The summed E-state index contributed by atoms with van der Waals surface area (Å²) < 4.78 is 32.0. The molecule has 0 heterocycles. The number of carboxylic acid groups (broad SMARTS) is 1. The Hall–Kier alpha value is -1.74. The van der Waals surface area contributed by atoms with Crippen LogP contribution >= 0.6 is 15.9 Å². The molecule has 0 spiro atoms. The number of phenols is 1. The third-order valence-corrected chi connectivity index (χ3v) is 3.29. The maximum Gasteiger partial charge on any atom is 0.379 e. The van der Waals surface area contributed by atoms with Crippen molar-refractivity contribution in [2.45, 2.75) is 18.9 Å². The average molecular weight is 368 g/mol. The standard InChI is InChI=1S/C12H12BrF2NO5/c1-2-21-11(20)12(14,15)9(16)7-5(10(18)19)3-4-6(13)8(7)17/h3-4,9,17H,2,16H2,1H3,(H,18,19)/t9-/m0/s1. The largest absolute Gasteiger partial charge is 0.506 e. The quantitative estimate of drug-likeness (QED) is 0.687. The molecule has 0 unspecified atom stereocenters. The van der Waals surface area contributed by atoms with Crippen molar-refractivity contribution in [3.05, 3.63) is 27.7 Å². The lowest BCUT2D eigenvalue weighted by Crippen LogP contribution is -2.42. The summed E-state index contributed by atoms with van der Waals surface area (Å²) in [5.74, 6) is -8.43. The van der Waals surface area contributed by atoms with Gasteiger partial charge in [-0.05, 0) is 35.0 Å². The van der Waals surface area contributed by atoms with E-state index in [0.29, 0.717) is 0 Å². The van der Waals surface area contributed by atoms with E-state index >= 15 is 0 Å². The summed E-state index contributed by atoms with van der Waals surface area (Å²) in [6, 6.07) is -0.222. The zero-order valence-electron chi connectivity index (χ0n) is 10.8. The van der Waals surface area contributed by atoms with Crippen LogP contribution in [0, 0.1) is 0 Å². The van der Waals surface area contributed by atoms with Gasteiger partial charge in [0, 0.05) is 5.56 Å². The fourth-order valence-electron chi connectivity index (χ4n) is 1.62. The van der Waals surface area contributed by atoms with Gasteiger partial charge in [-0.15, -0.1) is 0 Å². The lowest BCUT2D eigenvalue weighted by Gasteiger charge is -2.24. The summed E-state index contributed by atoms with van der Waals surface area (Å²) in [4.78, 5) is 22.3. The van der Waals surface area contributed by atoms with Crippen LogP contribution < -0.4 is 5.73 Å². The number of carbonyl (C=O) groups excluding carboxylic acids is 1. The van der Waals surface area contributed by atoms with Crippen molar-refractivity contribution in [2.24, 2.45) is 5.73 Å². The predicted molar refractivity (Wildman–Crippen MR) is 71.3 cm³/mol. The van der Waals surface area contributed by atoms with Gasteiger partial charge in [0.15, 0.2) is 0 Å². The number of ether oxygens (including phenoxy) is 1. The van der Waals surface area contributed by atoms with Crippen LogP contribution in [0.15, 0.2) is 16.6 Å². The minimum absolute atomic E-state index is 0.0300. The zero-order chi connectivity index (χ0) is 16.4. The Morgan fingerprint density at radius 3 is 2.52 bits per heavy atom. The van der Waals surface area contributed by atoms with Crippen molar-refractivity contribution in [3.8, 4) is 5.75 Å². The first-order valence-electron chi connectivity index (χ1n) is 5.69. The lowest BCUT2D eigenvalue weighted by molar-refractivity contribution is -0.174. The van der Waals surface area contributed by atoms with Crippen LogP contribution in [0.3, 0.4) is 0 Å². The van der Waals surface area contributed by atoms with E-state index in [-0.39, 0.29) is 11.1 Å². The Labute approximate surface area is 126 Å². The van der Waals surface area contributed by atoms with E-state index < -0.39 is 40.8 Å². The van der Waals surface area contributed by atoms with Gasteiger partial charge in [0.25, 0.3) is 0 Å². The monoisotopic (exact) mass is 367 g/mol. The number of aromatic carboxylic acids is 1. The summed E-state index contributed by atoms with van der Waals surface area (Å²) in [7, 11) is 0. The molecule has 6 nitrogen and oxygen atoms in total. The van der Waals surface area contributed by atoms with Crippen molar-refractivity contribution in [1.82, 2.24) is 0 Å².